The first-order chi connectivity index (χ1) is 13.7. The number of anilines is 1. The van der Waals surface area contributed by atoms with Gasteiger partial charge in [-0.15, -0.1) is 6.58 Å². The summed E-state index contributed by atoms with van der Waals surface area (Å²) in [6.45, 7) is 7.34. The lowest BCUT2D eigenvalue weighted by atomic mass is 10.0. The molecule has 0 amide bonds. The summed E-state index contributed by atoms with van der Waals surface area (Å²) in [6.07, 6.45) is 5.38. The third-order valence-corrected chi connectivity index (χ3v) is 5.00. The summed E-state index contributed by atoms with van der Waals surface area (Å²) in [7, 11) is 1.41. The van der Waals surface area contributed by atoms with Crippen LogP contribution in [0, 0.1) is 5.92 Å². The number of carbonyl (C=O) groups is 1. The molecule has 1 aliphatic heterocycles. The number of esters is 1. The molecule has 2 heterocycles. The molecule has 0 spiro atoms. The monoisotopic (exact) mass is 381 g/mol. The van der Waals surface area contributed by atoms with Crippen LogP contribution in [0.1, 0.15) is 6.42 Å². The molecule has 28 heavy (non-hydrogen) atoms. The van der Waals surface area contributed by atoms with Crippen LogP contribution in [-0.2, 0) is 9.53 Å². The zero-order valence-electron chi connectivity index (χ0n) is 16.2. The summed E-state index contributed by atoms with van der Waals surface area (Å²) < 4.78 is 11.2. The largest absolute Gasteiger partial charge is 0.474 e. The van der Waals surface area contributed by atoms with E-state index in [0.29, 0.717) is 0 Å². The fraction of sp³-hybridized carbons (Fsp3) is 0.364. The van der Waals surface area contributed by atoms with Crippen molar-refractivity contribution >= 4 is 11.7 Å². The molecule has 1 aromatic carbocycles. The standard InChI is InChI=1S/C22H27N3O3/c1-3-18(17-21(26)27-2)22(28-20-7-5-4-6-8-20)25-15-13-24(14-16-25)19-9-11-23-12-10-19/h3-12,18,22H,1,13-17H2,2H3. The first kappa shape index (κ1) is 19.9. The maximum absolute atomic E-state index is 11.9. The van der Waals surface area contributed by atoms with E-state index in [2.05, 4.69) is 21.4 Å². The van der Waals surface area contributed by atoms with Gasteiger partial charge in [0.2, 0.25) is 0 Å². The maximum Gasteiger partial charge on any atom is 0.306 e. The van der Waals surface area contributed by atoms with Gasteiger partial charge in [0.1, 0.15) is 5.75 Å². The number of benzene rings is 1. The van der Waals surface area contributed by atoms with Gasteiger partial charge < -0.3 is 14.4 Å². The average Bonchev–Trinajstić information content (AvgIpc) is 2.77. The van der Waals surface area contributed by atoms with Crippen molar-refractivity contribution in [1.29, 1.82) is 0 Å². The highest BCUT2D eigenvalue weighted by Gasteiger charge is 2.32. The highest BCUT2D eigenvalue weighted by molar-refractivity contribution is 5.69. The minimum Gasteiger partial charge on any atom is -0.474 e. The minimum absolute atomic E-state index is 0.167. The molecule has 0 saturated carbocycles. The lowest BCUT2D eigenvalue weighted by Gasteiger charge is -2.41. The van der Waals surface area contributed by atoms with E-state index < -0.39 is 0 Å². The van der Waals surface area contributed by atoms with Crippen molar-refractivity contribution in [3.63, 3.8) is 0 Å². The molecule has 0 radical (unpaired) electrons. The molecule has 1 aromatic heterocycles. The number of hydrogen-bond acceptors (Lipinski definition) is 6. The fourth-order valence-electron chi connectivity index (χ4n) is 3.44. The van der Waals surface area contributed by atoms with Crippen LogP contribution in [0.25, 0.3) is 0 Å². The third-order valence-electron chi connectivity index (χ3n) is 5.00. The van der Waals surface area contributed by atoms with E-state index >= 15 is 0 Å². The Balaban J connectivity index is 1.73. The second-order valence-electron chi connectivity index (χ2n) is 6.73. The Morgan fingerprint density at radius 2 is 1.82 bits per heavy atom. The quantitative estimate of drug-likeness (QED) is 0.518. The van der Waals surface area contributed by atoms with Gasteiger partial charge in [-0.2, -0.15) is 0 Å². The molecule has 1 saturated heterocycles. The van der Waals surface area contributed by atoms with Gasteiger partial charge >= 0.3 is 5.97 Å². The molecule has 6 heteroatoms. The number of hydrogen-bond donors (Lipinski definition) is 0. The molecule has 3 rings (SSSR count). The van der Waals surface area contributed by atoms with Gasteiger partial charge in [0.25, 0.3) is 0 Å². The molecule has 148 valence electrons. The number of carbonyl (C=O) groups excluding carboxylic acids is 1. The molecule has 2 aromatic rings. The van der Waals surface area contributed by atoms with Crippen molar-refractivity contribution in [3.05, 3.63) is 67.5 Å². The smallest absolute Gasteiger partial charge is 0.306 e. The lowest BCUT2D eigenvalue weighted by molar-refractivity contribution is -0.143. The normalized spacial score (nSPS) is 16.8. The summed E-state index contributed by atoms with van der Waals surface area (Å²) in [5.41, 5.74) is 1.17. The van der Waals surface area contributed by atoms with Crippen LogP contribution in [-0.4, -0.2) is 55.4 Å². The number of ether oxygens (including phenoxy) is 2. The molecule has 2 atom stereocenters. The predicted octanol–water partition coefficient (Wildman–Crippen LogP) is 2.97. The van der Waals surface area contributed by atoms with Crippen LogP contribution in [0.5, 0.6) is 5.75 Å². The van der Waals surface area contributed by atoms with Crippen LogP contribution in [0.3, 0.4) is 0 Å². The van der Waals surface area contributed by atoms with Gasteiger partial charge in [0.15, 0.2) is 6.23 Å². The molecule has 2 unspecified atom stereocenters. The van der Waals surface area contributed by atoms with Crippen molar-refractivity contribution in [2.75, 3.05) is 38.2 Å². The molecule has 0 aliphatic carbocycles. The number of aromatic nitrogens is 1. The average molecular weight is 381 g/mol. The van der Waals surface area contributed by atoms with E-state index in [4.69, 9.17) is 9.47 Å². The molecule has 6 nitrogen and oxygen atoms in total. The summed E-state index contributed by atoms with van der Waals surface area (Å²) in [5, 5.41) is 0. The van der Waals surface area contributed by atoms with E-state index in [1.807, 2.05) is 54.9 Å². The second kappa shape index (κ2) is 9.90. The van der Waals surface area contributed by atoms with Gasteiger partial charge in [-0.25, -0.2) is 0 Å². The van der Waals surface area contributed by atoms with E-state index in [1.165, 1.54) is 12.8 Å². The van der Waals surface area contributed by atoms with E-state index in [1.54, 1.807) is 6.08 Å². The number of nitrogens with zero attached hydrogens (tertiary/aromatic N) is 3. The van der Waals surface area contributed by atoms with Crippen molar-refractivity contribution in [2.45, 2.75) is 12.6 Å². The number of methoxy groups -OCH3 is 1. The van der Waals surface area contributed by atoms with Crippen LogP contribution >= 0.6 is 0 Å². The summed E-state index contributed by atoms with van der Waals surface area (Å²) in [5.74, 6) is 0.350. The minimum atomic E-state index is -0.279. The van der Waals surface area contributed by atoms with Crippen LogP contribution in [0.2, 0.25) is 0 Å². The first-order valence-corrected chi connectivity index (χ1v) is 9.51. The van der Waals surface area contributed by atoms with Crippen molar-refractivity contribution in [3.8, 4) is 5.75 Å². The predicted molar refractivity (Wildman–Crippen MR) is 109 cm³/mol. The second-order valence-corrected chi connectivity index (χ2v) is 6.73. The van der Waals surface area contributed by atoms with Gasteiger partial charge in [-0.1, -0.05) is 24.3 Å². The molecule has 1 fully saturated rings. The van der Waals surface area contributed by atoms with Crippen molar-refractivity contribution in [1.82, 2.24) is 9.88 Å². The zero-order valence-corrected chi connectivity index (χ0v) is 16.2. The molecule has 0 bridgehead atoms. The SMILES string of the molecule is C=CC(CC(=O)OC)C(Oc1ccccc1)N1CCN(c2ccncc2)CC1. The Hall–Kier alpha value is -2.86. The Morgan fingerprint density at radius 3 is 2.43 bits per heavy atom. The lowest BCUT2D eigenvalue weighted by Crippen LogP contribution is -2.54. The number of para-hydroxylation sites is 1. The molecule has 1 aliphatic rings. The van der Waals surface area contributed by atoms with Gasteiger partial charge in [-0.3, -0.25) is 14.7 Å². The highest BCUT2D eigenvalue weighted by Crippen LogP contribution is 2.24. The first-order valence-electron chi connectivity index (χ1n) is 9.51. The summed E-state index contributed by atoms with van der Waals surface area (Å²) in [6, 6.07) is 13.7. The van der Waals surface area contributed by atoms with Crippen molar-refractivity contribution in [2.24, 2.45) is 5.92 Å². The van der Waals surface area contributed by atoms with E-state index in [0.717, 1.165) is 31.9 Å². The van der Waals surface area contributed by atoms with Gasteiger partial charge in [-0.05, 0) is 24.3 Å². The van der Waals surface area contributed by atoms with Crippen LogP contribution < -0.4 is 9.64 Å². The Bertz CT molecular complexity index is 746. The number of pyridine rings is 1. The summed E-state index contributed by atoms with van der Waals surface area (Å²) in [4.78, 5) is 20.6. The number of rotatable bonds is 8. The molecular formula is C22H27N3O3. The summed E-state index contributed by atoms with van der Waals surface area (Å²) >= 11 is 0. The van der Waals surface area contributed by atoms with Crippen LogP contribution in [0.4, 0.5) is 5.69 Å². The Labute approximate surface area is 166 Å². The fourth-order valence-corrected chi connectivity index (χ4v) is 3.44. The Morgan fingerprint density at radius 1 is 1.14 bits per heavy atom. The van der Waals surface area contributed by atoms with Gasteiger partial charge in [0, 0.05) is 50.2 Å². The Kier molecular flexibility index (Phi) is 7.03. The van der Waals surface area contributed by atoms with E-state index in [-0.39, 0.29) is 24.5 Å². The zero-order chi connectivity index (χ0) is 19.8. The van der Waals surface area contributed by atoms with Crippen LogP contribution in [0.15, 0.2) is 67.5 Å². The topological polar surface area (TPSA) is 54.9 Å². The third kappa shape index (κ3) is 5.10. The van der Waals surface area contributed by atoms with Gasteiger partial charge in [0.05, 0.1) is 13.5 Å². The highest BCUT2D eigenvalue weighted by atomic mass is 16.5. The number of piperazine rings is 1. The van der Waals surface area contributed by atoms with E-state index in [9.17, 15) is 4.79 Å². The molecule has 0 N–H and O–H groups in total. The maximum atomic E-state index is 11.9. The van der Waals surface area contributed by atoms with Crippen molar-refractivity contribution < 1.29 is 14.3 Å². The molecular weight excluding hydrogens is 354 g/mol.